The molecule has 1 aliphatic heterocycles. The van der Waals surface area contributed by atoms with Crippen molar-refractivity contribution in [3.63, 3.8) is 0 Å². The fourth-order valence-electron chi connectivity index (χ4n) is 3.76. The van der Waals surface area contributed by atoms with E-state index < -0.39 is 11.7 Å². The molecular weight excluding hydrogens is 429 g/mol. The quantitative estimate of drug-likeness (QED) is 0.712. The second kappa shape index (κ2) is 6.95. The largest absolute Gasteiger partial charge is 0.384 e. The summed E-state index contributed by atoms with van der Waals surface area (Å²) in [7, 11) is 0. The summed E-state index contributed by atoms with van der Waals surface area (Å²) < 4.78 is 14.8. The average molecular weight is 444 g/mol. The van der Waals surface area contributed by atoms with E-state index in [0.29, 0.717) is 36.1 Å². The van der Waals surface area contributed by atoms with E-state index in [9.17, 15) is 14.4 Å². The summed E-state index contributed by atoms with van der Waals surface area (Å²) in [4.78, 5) is 15.5. The molecule has 136 valence electrons. The minimum Gasteiger partial charge on any atom is -0.384 e. The maximum absolute atomic E-state index is 13.8. The molecule has 0 fully saturated rings. The molecular formula is C20H15BrFN3OS. The predicted molar refractivity (Wildman–Crippen MR) is 106 cm³/mol. The molecule has 2 aliphatic rings. The van der Waals surface area contributed by atoms with Gasteiger partial charge in [0.25, 0.3) is 0 Å². The first-order valence-corrected chi connectivity index (χ1v) is 10.1. The highest BCUT2D eigenvalue weighted by atomic mass is 79.9. The number of nitriles is 1. The minimum atomic E-state index is -0.473. The smallest absolute Gasteiger partial charge is 0.161 e. The van der Waals surface area contributed by atoms with Gasteiger partial charge in [0.2, 0.25) is 0 Å². The fraction of sp³-hybridized carbons (Fsp3) is 0.200. The molecule has 1 aromatic heterocycles. The van der Waals surface area contributed by atoms with Crippen LogP contribution in [0.4, 0.5) is 10.1 Å². The molecule has 4 rings (SSSR count). The molecule has 0 amide bonds. The van der Waals surface area contributed by atoms with Crippen LogP contribution >= 0.6 is 27.3 Å². The number of Topliss-reactive ketones (excluding diaryl/α,β-unsaturated/α-hetero) is 1. The number of allylic oxidation sites excluding steroid dienone is 3. The summed E-state index contributed by atoms with van der Waals surface area (Å²) in [6.45, 7) is 0. The minimum absolute atomic E-state index is 0.0208. The van der Waals surface area contributed by atoms with Crippen molar-refractivity contribution in [3.8, 4) is 6.07 Å². The monoisotopic (exact) mass is 443 g/mol. The van der Waals surface area contributed by atoms with Crippen molar-refractivity contribution in [3.05, 3.63) is 73.5 Å². The van der Waals surface area contributed by atoms with E-state index in [4.69, 9.17) is 5.73 Å². The van der Waals surface area contributed by atoms with Crippen LogP contribution in [0.15, 0.2) is 62.8 Å². The molecule has 2 N–H and O–H groups in total. The Morgan fingerprint density at radius 3 is 2.78 bits per heavy atom. The van der Waals surface area contributed by atoms with Crippen LogP contribution in [0, 0.1) is 17.1 Å². The number of rotatable bonds is 2. The van der Waals surface area contributed by atoms with Crippen LogP contribution in [0.25, 0.3) is 0 Å². The normalized spacial score (nSPS) is 20.0. The summed E-state index contributed by atoms with van der Waals surface area (Å²) in [6.07, 6.45) is 1.80. The first kappa shape index (κ1) is 18.0. The second-order valence-corrected chi connectivity index (χ2v) is 8.93. The van der Waals surface area contributed by atoms with Gasteiger partial charge in [-0.2, -0.15) is 5.26 Å². The summed E-state index contributed by atoms with van der Waals surface area (Å²) in [5.74, 6) is -0.593. The molecule has 0 saturated heterocycles. The standard InChI is InChI=1S/C20H15BrFN3OS/c21-17-8-7-16(27-17)18-13(10-23)20(24)25(12-4-1-3-11(22)9-12)14-5-2-6-15(26)19(14)18/h1,3-4,7-9,18H,2,5-6,24H2. The summed E-state index contributed by atoms with van der Waals surface area (Å²) in [5.41, 5.74) is 8.62. The molecule has 1 aromatic carbocycles. The number of hydrogen-bond acceptors (Lipinski definition) is 5. The van der Waals surface area contributed by atoms with Gasteiger partial charge in [0.1, 0.15) is 11.6 Å². The number of nitrogens with two attached hydrogens (primary N) is 1. The van der Waals surface area contributed by atoms with Gasteiger partial charge in [-0.05, 0) is 59.1 Å². The number of carbonyl (C=O) groups excluding carboxylic acids is 1. The van der Waals surface area contributed by atoms with Gasteiger partial charge in [0.15, 0.2) is 5.78 Å². The van der Waals surface area contributed by atoms with Gasteiger partial charge >= 0.3 is 0 Å². The zero-order valence-electron chi connectivity index (χ0n) is 14.2. The van der Waals surface area contributed by atoms with Gasteiger partial charge in [-0.1, -0.05) is 6.07 Å². The van der Waals surface area contributed by atoms with E-state index in [0.717, 1.165) is 14.4 Å². The molecule has 1 atom stereocenters. The van der Waals surface area contributed by atoms with Gasteiger partial charge in [-0.25, -0.2) is 4.39 Å². The Balaban J connectivity index is 1.97. The van der Waals surface area contributed by atoms with Crippen LogP contribution in [-0.2, 0) is 4.79 Å². The van der Waals surface area contributed by atoms with E-state index in [1.165, 1.54) is 23.5 Å². The SMILES string of the molecule is N#CC1=C(N)N(c2cccc(F)c2)C2=C(C(=O)CCC2)C1c1ccc(Br)s1. The third-order valence-corrected chi connectivity index (χ3v) is 6.55. The zero-order valence-corrected chi connectivity index (χ0v) is 16.6. The Morgan fingerprint density at radius 1 is 1.30 bits per heavy atom. The lowest BCUT2D eigenvalue weighted by atomic mass is 9.78. The van der Waals surface area contributed by atoms with Gasteiger partial charge < -0.3 is 5.73 Å². The highest BCUT2D eigenvalue weighted by Crippen LogP contribution is 2.48. The van der Waals surface area contributed by atoms with Crippen molar-refractivity contribution >= 4 is 38.7 Å². The lowest BCUT2D eigenvalue weighted by molar-refractivity contribution is -0.116. The number of nitrogens with zero attached hydrogens (tertiary/aromatic N) is 2. The number of benzene rings is 1. The van der Waals surface area contributed by atoms with Crippen LogP contribution in [0.3, 0.4) is 0 Å². The number of hydrogen-bond donors (Lipinski definition) is 1. The molecule has 27 heavy (non-hydrogen) atoms. The second-order valence-electron chi connectivity index (χ2n) is 6.44. The van der Waals surface area contributed by atoms with Crippen molar-refractivity contribution in [2.75, 3.05) is 4.90 Å². The lowest BCUT2D eigenvalue weighted by Crippen LogP contribution is -2.38. The molecule has 2 aromatic rings. The first-order chi connectivity index (χ1) is 13.0. The molecule has 0 bridgehead atoms. The van der Waals surface area contributed by atoms with E-state index in [-0.39, 0.29) is 11.6 Å². The number of thiophene rings is 1. The molecule has 4 nitrogen and oxygen atoms in total. The maximum atomic E-state index is 13.8. The molecule has 1 unspecified atom stereocenters. The van der Waals surface area contributed by atoms with Gasteiger partial charge in [0, 0.05) is 22.6 Å². The molecule has 7 heteroatoms. The van der Waals surface area contributed by atoms with Gasteiger partial charge in [-0.15, -0.1) is 11.3 Å². The highest BCUT2D eigenvalue weighted by Gasteiger charge is 2.40. The lowest BCUT2D eigenvalue weighted by Gasteiger charge is -2.39. The van der Waals surface area contributed by atoms with Gasteiger partial charge in [-0.3, -0.25) is 9.69 Å². The number of anilines is 1. The summed E-state index contributed by atoms with van der Waals surface area (Å²) in [5, 5.41) is 9.87. The van der Waals surface area contributed by atoms with Crippen molar-refractivity contribution in [2.45, 2.75) is 25.2 Å². The Hall–Kier alpha value is -2.43. The summed E-state index contributed by atoms with van der Waals surface area (Å²) in [6, 6.07) is 12.1. The van der Waals surface area contributed by atoms with E-state index in [1.54, 1.807) is 17.0 Å². The van der Waals surface area contributed by atoms with E-state index in [1.807, 2.05) is 12.1 Å². The number of carbonyl (C=O) groups is 1. The number of halogens is 2. The molecule has 2 heterocycles. The van der Waals surface area contributed by atoms with Crippen molar-refractivity contribution in [1.29, 1.82) is 5.26 Å². The third kappa shape index (κ3) is 2.99. The van der Waals surface area contributed by atoms with Crippen LogP contribution in [0.5, 0.6) is 0 Å². The molecule has 0 spiro atoms. The Morgan fingerprint density at radius 2 is 2.11 bits per heavy atom. The Bertz CT molecular complexity index is 1050. The van der Waals surface area contributed by atoms with E-state index in [2.05, 4.69) is 22.0 Å². The summed E-state index contributed by atoms with van der Waals surface area (Å²) >= 11 is 4.93. The van der Waals surface area contributed by atoms with Crippen LogP contribution < -0.4 is 10.6 Å². The van der Waals surface area contributed by atoms with E-state index >= 15 is 0 Å². The van der Waals surface area contributed by atoms with Crippen LogP contribution in [0.1, 0.15) is 30.1 Å². The Labute approximate surface area is 168 Å². The predicted octanol–water partition coefficient (Wildman–Crippen LogP) is 4.95. The third-order valence-electron chi connectivity index (χ3n) is 4.86. The molecule has 1 aliphatic carbocycles. The van der Waals surface area contributed by atoms with Crippen LogP contribution in [0.2, 0.25) is 0 Å². The fourth-order valence-corrected chi connectivity index (χ4v) is 5.31. The first-order valence-electron chi connectivity index (χ1n) is 8.48. The molecule has 0 saturated carbocycles. The van der Waals surface area contributed by atoms with Gasteiger partial charge in [0.05, 0.1) is 27.0 Å². The highest BCUT2D eigenvalue weighted by molar-refractivity contribution is 9.11. The number of ketones is 1. The average Bonchev–Trinajstić information content (AvgIpc) is 3.07. The maximum Gasteiger partial charge on any atom is 0.161 e. The Kier molecular flexibility index (Phi) is 4.62. The molecule has 0 radical (unpaired) electrons. The zero-order chi connectivity index (χ0) is 19.1. The van der Waals surface area contributed by atoms with Crippen molar-refractivity contribution in [1.82, 2.24) is 0 Å². The van der Waals surface area contributed by atoms with Crippen molar-refractivity contribution < 1.29 is 9.18 Å². The topological polar surface area (TPSA) is 70.1 Å². The van der Waals surface area contributed by atoms with Crippen molar-refractivity contribution in [2.24, 2.45) is 5.73 Å². The van der Waals surface area contributed by atoms with Crippen LogP contribution in [-0.4, -0.2) is 5.78 Å².